The first kappa shape index (κ1) is 22.1. The van der Waals surface area contributed by atoms with Crippen molar-refractivity contribution in [2.75, 3.05) is 26.7 Å². The van der Waals surface area contributed by atoms with Crippen LogP contribution in [0.3, 0.4) is 0 Å². The van der Waals surface area contributed by atoms with Crippen molar-refractivity contribution in [2.45, 2.75) is 44.8 Å². The second-order valence-electron chi connectivity index (χ2n) is 8.68. The SMILES string of the molecule is C=CC1C[N+]2(CCCC)CCC1C[C@@H]2[C@@H](O)c1ccnc2ccc(OC)cc12.[Cl-]. The summed E-state index contributed by atoms with van der Waals surface area (Å²) in [6, 6.07) is 8.17. The summed E-state index contributed by atoms with van der Waals surface area (Å²) in [5, 5.41) is 12.6. The van der Waals surface area contributed by atoms with Crippen molar-refractivity contribution >= 4 is 10.9 Å². The van der Waals surface area contributed by atoms with Crippen molar-refractivity contribution in [1.82, 2.24) is 4.98 Å². The average Bonchev–Trinajstić information content (AvgIpc) is 2.76. The van der Waals surface area contributed by atoms with E-state index in [1.807, 2.05) is 30.5 Å². The van der Waals surface area contributed by atoms with Gasteiger partial charge in [-0.1, -0.05) is 19.4 Å². The highest BCUT2D eigenvalue weighted by molar-refractivity contribution is 5.83. The molecule has 3 aliphatic heterocycles. The lowest BCUT2D eigenvalue weighted by atomic mass is 9.71. The van der Waals surface area contributed by atoms with Crippen LogP contribution in [0.2, 0.25) is 0 Å². The lowest BCUT2D eigenvalue weighted by Crippen LogP contribution is -3.00. The van der Waals surface area contributed by atoms with Gasteiger partial charge in [-0.2, -0.15) is 0 Å². The summed E-state index contributed by atoms with van der Waals surface area (Å²) < 4.78 is 6.47. The number of aromatic nitrogens is 1. The molecule has 3 saturated heterocycles. The quantitative estimate of drug-likeness (QED) is 0.549. The molecule has 0 aliphatic carbocycles. The number of ether oxygens (including phenoxy) is 1. The third-order valence-corrected chi connectivity index (χ3v) is 7.30. The molecular formula is C24H33ClN2O2. The highest BCUT2D eigenvalue weighted by Gasteiger charge is 2.53. The van der Waals surface area contributed by atoms with Crippen LogP contribution in [0.5, 0.6) is 5.75 Å². The predicted octanol–water partition coefficient (Wildman–Crippen LogP) is 1.49. The lowest BCUT2D eigenvalue weighted by molar-refractivity contribution is -0.973. The number of pyridine rings is 1. The minimum absolute atomic E-state index is 0. The van der Waals surface area contributed by atoms with Crippen LogP contribution in [-0.4, -0.2) is 47.4 Å². The van der Waals surface area contributed by atoms with Gasteiger partial charge in [-0.05, 0) is 42.2 Å². The van der Waals surface area contributed by atoms with E-state index in [-0.39, 0.29) is 18.4 Å². The van der Waals surface area contributed by atoms with Crippen molar-refractivity contribution in [3.8, 4) is 5.75 Å². The maximum Gasteiger partial charge on any atom is 0.131 e. The van der Waals surface area contributed by atoms with Crippen LogP contribution < -0.4 is 17.1 Å². The monoisotopic (exact) mass is 416 g/mol. The maximum atomic E-state index is 11.6. The largest absolute Gasteiger partial charge is 1.00 e. The normalized spacial score (nSPS) is 29.3. The molecule has 1 aromatic carbocycles. The van der Waals surface area contributed by atoms with Crippen LogP contribution in [0.25, 0.3) is 10.9 Å². The van der Waals surface area contributed by atoms with E-state index in [9.17, 15) is 5.11 Å². The summed E-state index contributed by atoms with van der Waals surface area (Å²) >= 11 is 0. The summed E-state index contributed by atoms with van der Waals surface area (Å²) in [6.07, 6.45) is 8.25. The van der Waals surface area contributed by atoms with E-state index < -0.39 is 6.10 Å². The molecule has 5 heteroatoms. The van der Waals surface area contributed by atoms with Crippen molar-refractivity contribution < 1.29 is 26.7 Å². The maximum absolute atomic E-state index is 11.6. The zero-order valence-electron chi connectivity index (χ0n) is 17.6. The molecule has 3 unspecified atom stereocenters. The highest BCUT2D eigenvalue weighted by atomic mass is 35.5. The van der Waals surface area contributed by atoms with Gasteiger partial charge >= 0.3 is 0 Å². The molecule has 158 valence electrons. The number of aliphatic hydroxyl groups is 1. The minimum atomic E-state index is -0.483. The Morgan fingerprint density at radius 1 is 1.38 bits per heavy atom. The molecule has 4 nitrogen and oxygen atoms in total. The first-order valence-corrected chi connectivity index (χ1v) is 10.7. The van der Waals surface area contributed by atoms with E-state index in [0.29, 0.717) is 11.8 Å². The van der Waals surface area contributed by atoms with Crippen LogP contribution in [0.15, 0.2) is 43.1 Å². The number of aliphatic hydroxyl groups excluding tert-OH is 1. The Hall–Kier alpha value is -1.62. The smallest absolute Gasteiger partial charge is 0.131 e. The summed E-state index contributed by atoms with van der Waals surface area (Å²) in [7, 11) is 1.68. The van der Waals surface area contributed by atoms with E-state index in [1.165, 1.54) is 25.8 Å². The zero-order chi connectivity index (χ0) is 19.7. The molecule has 0 saturated carbocycles. The molecule has 3 fully saturated rings. The summed E-state index contributed by atoms with van der Waals surface area (Å²) in [5.41, 5.74) is 1.91. The highest BCUT2D eigenvalue weighted by Crippen LogP contribution is 2.47. The van der Waals surface area contributed by atoms with Gasteiger partial charge in [-0.25, -0.2) is 0 Å². The van der Waals surface area contributed by atoms with Crippen molar-refractivity contribution in [3.05, 3.63) is 48.7 Å². The van der Waals surface area contributed by atoms with Crippen molar-refractivity contribution in [1.29, 1.82) is 0 Å². The third-order valence-electron chi connectivity index (χ3n) is 7.30. The predicted molar refractivity (Wildman–Crippen MR) is 113 cm³/mol. The van der Waals surface area contributed by atoms with E-state index >= 15 is 0 Å². The van der Waals surface area contributed by atoms with Gasteiger partial charge in [-0.3, -0.25) is 4.98 Å². The molecule has 1 aromatic heterocycles. The topological polar surface area (TPSA) is 42.4 Å². The van der Waals surface area contributed by atoms with Gasteiger partial charge in [0.2, 0.25) is 0 Å². The Morgan fingerprint density at radius 3 is 2.93 bits per heavy atom. The van der Waals surface area contributed by atoms with Gasteiger partial charge in [0.05, 0.1) is 32.3 Å². The number of hydrogen-bond donors (Lipinski definition) is 1. The fourth-order valence-corrected chi connectivity index (χ4v) is 5.70. The van der Waals surface area contributed by atoms with E-state index in [2.05, 4.69) is 24.6 Å². The first-order chi connectivity index (χ1) is 13.6. The molecule has 5 rings (SSSR count). The Balaban J connectivity index is 0.00000240. The van der Waals surface area contributed by atoms with Crippen LogP contribution in [-0.2, 0) is 0 Å². The van der Waals surface area contributed by atoms with Crippen LogP contribution in [0.4, 0.5) is 0 Å². The molecule has 5 atom stereocenters. The standard InChI is InChI=1S/C24H33N2O2.ClH/c1-4-6-12-26-13-10-18(17(5-2)16-26)14-23(26)24(27)20-9-11-25-22-8-7-19(28-3)15-21(20)22;/h5,7-9,11,15,17-18,23-24,27H,2,4,6,10,12-14,16H2,1,3H3;1H/q+1;/p-1/t17?,18?,23-,24+,26?;/m1./s1. The molecule has 29 heavy (non-hydrogen) atoms. The van der Waals surface area contributed by atoms with Crippen molar-refractivity contribution in [3.63, 3.8) is 0 Å². The average molecular weight is 417 g/mol. The molecule has 2 aromatic rings. The molecule has 0 spiro atoms. The Morgan fingerprint density at radius 2 is 2.21 bits per heavy atom. The number of methoxy groups -OCH3 is 1. The van der Waals surface area contributed by atoms with E-state index in [0.717, 1.165) is 46.2 Å². The van der Waals surface area contributed by atoms with E-state index in [1.54, 1.807) is 7.11 Å². The van der Waals surface area contributed by atoms with Crippen LogP contribution >= 0.6 is 0 Å². The molecule has 0 radical (unpaired) electrons. The number of rotatable bonds is 7. The number of hydrogen-bond acceptors (Lipinski definition) is 3. The molecule has 2 bridgehead atoms. The van der Waals surface area contributed by atoms with Crippen molar-refractivity contribution in [2.24, 2.45) is 11.8 Å². The molecule has 3 aliphatic rings. The van der Waals surface area contributed by atoms with Gasteiger partial charge in [0.25, 0.3) is 0 Å². The third kappa shape index (κ3) is 3.90. The van der Waals surface area contributed by atoms with E-state index in [4.69, 9.17) is 4.74 Å². The molecule has 0 amide bonds. The van der Waals surface area contributed by atoms with Gasteiger partial charge in [0.1, 0.15) is 17.9 Å². The number of unbranched alkanes of at least 4 members (excludes halogenated alkanes) is 1. The first-order valence-electron chi connectivity index (χ1n) is 10.7. The number of fused-ring (bicyclic) bond motifs is 4. The van der Waals surface area contributed by atoms with Gasteiger partial charge in [0.15, 0.2) is 0 Å². The molecule has 1 N–H and O–H groups in total. The molecular weight excluding hydrogens is 384 g/mol. The van der Waals surface area contributed by atoms with Gasteiger partial charge in [-0.15, -0.1) is 6.58 Å². The zero-order valence-corrected chi connectivity index (χ0v) is 18.3. The number of piperidine rings is 3. The number of halogens is 1. The van der Waals surface area contributed by atoms with Crippen LogP contribution in [0.1, 0.15) is 44.3 Å². The number of benzene rings is 1. The second kappa shape index (κ2) is 9.03. The van der Waals surface area contributed by atoms with Gasteiger partial charge in [0, 0.05) is 30.3 Å². The fourth-order valence-electron chi connectivity index (χ4n) is 5.70. The Kier molecular flexibility index (Phi) is 6.87. The Bertz CT molecular complexity index is 858. The number of nitrogens with zero attached hydrogens (tertiary/aromatic N) is 2. The molecule has 4 heterocycles. The van der Waals surface area contributed by atoms with Crippen LogP contribution in [0, 0.1) is 11.8 Å². The second-order valence-corrected chi connectivity index (χ2v) is 8.68. The lowest BCUT2D eigenvalue weighted by Gasteiger charge is -2.58. The summed E-state index contributed by atoms with van der Waals surface area (Å²) in [4.78, 5) is 4.50. The summed E-state index contributed by atoms with van der Waals surface area (Å²) in [6.45, 7) is 9.83. The number of quaternary nitrogens is 1. The summed E-state index contributed by atoms with van der Waals surface area (Å²) in [5.74, 6) is 2.05. The Labute approximate surface area is 180 Å². The fraction of sp³-hybridized carbons (Fsp3) is 0.542. The van der Waals surface area contributed by atoms with Gasteiger partial charge < -0.3 is 26.7 Å². The minimum Gasteiger partial charge on any atom is -1.00 e.